The average molecular weight is 162 g/mol. The predicted molar refractivity (Wildman–Crippen MR) is 52.0 cm³/mol. The normalized spacial score (nSPS) is 11.8. The summed E-state index contributed by atoms with van der Waals surface area (Å²) in [7, 11) is 0. The number of aliphatic imine (C=N–C) groups is 1. The van der Waals surface area contributed by atoms with Crippen LogP contribution in [0, 0.1) is 6.92 Å². The quantitative estimate of drug-likeness (QED) is 0.614. The molecule has 1 aromatic rings. The van der Waals surface area contributed by atoms with Crippen LogP contribution in [0.4, 0.5) is 5.82 Å². The zero-order chi connectivity index (χ0) is 8.97. The molecule has 0 aliphatic heterocycles. The fourth-order valence-corrected chi connectivity index (χ4v) is 0.854. The van der Waals surface area contributed by atoms with Crippen LogP contribution in [0.1, 0.15) is 25.8 Å². The van der Waals surface area contributed by atoms with Crippen LogP contribution in [0.2, 0.25) is 0 Å². The van der Waals surface area contributed by atoms with Crippen LogP contribution in [0.25, 0.3) is 0 Å². The summed E-state index contributed by atoms with van der Waals surface area (Å²) in [4.78, 5) is 8.56. The van der Waals surface area contributed by atoms with E-state index in [9.17, 15) is 0 Å². The summed E-state index contributed by atoms with van der Waals surface area (Å²) in [5, 5.41) is 0. The summed E-state index contributed by atoms with van der Waals surface area (Å²) in [5.74, 6) is 0.844. The first-order chi connectivity index (χ1) is 5.74. The summed E-state index contributed by atoms with van der Waals surface area (Å²) >= 11 is 0. The lowest BCUT2D eigenvalue weighted by Gasteiger charge is -1.98. The van der Waals surface area contributed by atoms with Gasteiger partial charge in [-0.15, -0.1) is 0 Å². The first-order valence-electron chi connectivity index (χ1n) is 4.20. The van der Waals surface area contributed by atoms with Crippen molar-refractivity contribution in [2.24, 2.45) is 4.99 Å². The van der Waals surface area contributed by atoms with E-state index in [4.69, 9.17) is 0 Å². The van der Waals surface area contributed by atoms with Crippen molar-refractivity contribution in [2.45, 2.75) is 27.2 Å². The zero-order valence-electron chi connectivity index (χ0n) is 7.83. The van der Waals surface area contributed by atoms with Crippen molar-refractivity contribution in [1.29, 1.82) is 0 Å². The summed E-state index contributed by atoms with van der Waals surface area (Å²) < 4.78 is 0. The summed E-state index contributed by atoms with van der Waals surface area (Å²) in [6, 6.07) is 3.95. The van der Waals surface area contributed by atoms with Gasteiger partial charge in [0.15, 0.2) is 5.82 Å². The summed E-state index contributed by atoms with van der Waals surface area (Å²) in [5.41, 5.74) is 2.25. The van der Waals surface area contributed by atoms with Gasteiger partial charge in [0.05, 0.1) is 0 Å². The summed E-state index contributed by atoms with van der Waals surface area (Å²) in [6.07, 6.45) is 2.75. The maximum Gasteiger partial charge on any atom is 0.154 e. The van der Waals surface area contributed by atoms with Gasteiger partial charge in [-0.25, -0.2) is 9.98 Å². The van der Waals surface area contributed by atoms with Crippen LogP contribution < -0.4 is 0 Å². The largest absolute Gasteiger partial charge is 0.238 e. The van der Waals surface area contributed by atoms with E-state index in [0.717, 1.165) is 23.5 Å². The van der Waals surface area contributed by atoms with Gasteiger partial charge in [0.1, 0.15) is 0 Å². The molecule has 0 spiro atoms. The number of aromatic nitrogens is 1. The van der Waals surface area contributed by atoms with Crippen molar-refractivity contribution < 1.29 is 0 Å². The van der Waals surface area contributed by atoms with Crippen LogP contribution in [0.5, 0.6) is 0 Å². The maximum absolute atomic E-state index is 4.38. The van der Waals surface area contributed by atoms with Crippen LogP contribution in [0.3, 0.4) is 0 Å². The van der Waals surface area contributed by atoms with Gasteiger partial charge < -0.3 is 0 Å². The molecule has 0 atom stereocenters. The highest BCUT2D eigenvalue weighted by Gasteiger charge is 1.95. The molecule has 0 aliphatic carbocycles. The van der Waals surface area contributed by atoms with Gasteiger partial charge >= 0.3 is 0 Å². The van der Waals surface area contributed by atoms with Gasteiger partial charge in [-0.2, -0.15) is 0 Å². The Morgan fingerprint density at radius 2 is 2.33 bits per heavy atom. The van der Waals surface area contributed by atoms with E-state index in [0.29, 0.717) is 0 Å². The highest BCUT2D eigenvalue weighted by atomic mass is 14.9. The lowest BCUT2D eigenvalue weighted by molar-refractivity contribution is 1.19. The van der Waals surface area contributed by atoms with E-state index in [1.165, 1.54) is 0 Å². The van der Waals surface area contributed by atoms with Crippen molar-refractivity contribution in [3.05, 3.63) is 23.9 Å². The molecule has 64 valence electrons. The fraction of sp³-hybridized carbons (Fsp3) is 0.400. The molecule has 1 aromatic heterocycles. The third-order valence-electron chi connectivity index (χ3n) is 1.79. The second kappa shape index (κ2) is 4.00. The molecule has 12 heavy (non-hydrogen) atoms. The first kappa shape index (κ1) is 8.91. The molecule has 0 saturated carbocycles. The zero-order valence-corrected chi connectivity index (χ0v) is 7.83. The van der Waals surface area contributed by atoms with Crippen molar-refractivity contribution in [3.8, 4) is 0 Å². The maximum atomic E-state index is 4.38. The lowest BCUT2D eigenvalue weighted by atomic mass is 10.3. The Hall–Kier alpha value is -1.18. The lowest BCUT2D eigenvalue weighted by Crippen LogP contribution is -1.88. The third-order valence-corrected chi connectivity index (χ3v) is 1.79. The molecular weight excluding hydrogens is 148 g/mol. The number of rotatable bonds is 2. The molecule has 0 unspecified atom stereocenters. The summed E-state index contributed by atoms with van der Waals surface area (Å²) in [6.45, 7) is 6.14. The Balaban J connectivity index is 2.96. The molecule has 0 fully saturated rings. The van der Waals surface area contributed by atoms with E-state index in [1.807, 2.05) is 26.0 Å². The van der Waals surface area contributed by atoms with E-state index in [2.05, 4.69) is 16.9 Å². The molecule has 0 aromatic carbocycles. The third kappa shape index (κ3) is 2.16. The molecule has 2 heteroatoms. The van der Waals surface area contributed by atoms with Crippen LogP contribution in [-0.2, 0) is 0 Å². The van der Waals surface area contributed by atoms with E-state index < -0.39 is 0 Å². The fourth-order valence-electron chi connectivity index (χ4n) is 0.854. The highest BCUT2D eigenvalue weighted by Crippen LogP contribution is 2.13. The predicted octanol–water partition coefficient (Wildman–Crippen LogP) is 2.89. The minimum Gasteiger partial charge on any atom is -0.238 e. The number of hydrogen-bond donors (Lipinski definition) is 0. The van der Waals surface area contributed by atoms with Gasteiger partial charge in [0.2, 0.25) is 0 Å². The van der Waals surface area contributed by atoms with Gasteiger partial charge in [-0.3, -0.25) is 0 Å². The van der Waals surface area contributed by atoms with Gasteiger partial charge in [0, 0.05) is 11.9 Å². The number of pyridine rings is 1. The average Bonchev–Trinajstić information content (AvgIpc) is 2.09. The first-order valence-corrected chi connectivity index (χ1v) is 4.20. The van der Waals surface area contributed by atoms with Crippen LogP contribution in [0.15, 0.2) is 23.3 Å². The molecule has 1 heterocycles. The van der Waals surface area contributed by atoms with Gasteiger partial charge in [0.25, 0.3) is 0 Å². The molecule has 0 saturated heterocycles. The van der Waals surface area contributed by atoms with E-state index in [-0.39, 0.29) is 0 Å². The molecule has 2 nitrogen and oxygen atoms in total. The minimum absolute atomic E-state index is 0.844. The van der Waals surface area contributed by atoms with Crippen molar-refractivity contribution >= 4 is 11.5 Å². The standard InChI is InChI=1S/C10H14N2/c1-4-9(3)12-10-8(2)6-5-7-11-10/h5-7H,4H2,1-3H3/b12-9-. The van der Waals surface area contributed by atoms with Crippen LogP contribution >= 0.6 is 0 Å². The molecule has 0 N–H and O–H groups in total. The topological polar surface area (TPSA) is 25.2 Å². The van der Waals surface area contributed by atoms with E-state index >= 15 is 0 Å². The Kier molecular flexibility index (Phi) is 2.97. The smallest absolute Gasteiger partial charge is 0.154 e. The molecule has 0 amide bonds. The molecular formula is C10H14N2. The van der Waals surface area contributed by atoms with Crippen molar-refractivity contribution in [3.63, 3.8) is 0 Å². The molecule has 0 bridgehead atoms. The molecule has 1 rings (SSSR count). The highest BCUT2D eigenvalue weighted by molar-refractivity contribution is 5.84. The number of nitrogens with zero attached hydrogens (tertiary/aromatic N) is 2. The van der Waals surface area contributed by atoms with Crippen molar-refractivity contribution in [2.75, 3.05) is 0 Å². The van der Waals surface area contributed by atoms with Gasteiger partial charge in [-0.05, 0) is 31.9 Å². The molecule has 0 aliphatic rings. The monoisotopic (exact) mass is 162 g/mol. The number of aryl methyl sites for hydroxylation is 1. The van der Waals surface area contributed by atoms with E-state index in [1.54, 1.807) is 6.20 Å². The van der Waals surface area contributed by atoms with Gasteiger partial charge in [-0.1, -0.05) is 13.0 Å². The SMILES string of the molecule is CC/C(C)=N\c1ncccc1C. The van der Waals surface area contributed by atoms with Crippen molar-refractivity contribution in [1.82, 2.24) is 4.98 Å². The minimum atomic E-state index is 0.844. The Bertz CT molecular complexity index is 290. The van der Waals surface area contributed by atoms with Crippen LogP contribution in [-0.4, -0.2) is 10.7 Å². The second-order valence-electron chi connectivity index (χ2n) is 2.84. The molecule has 0 radical (unpaired) electrons. The Morgan fingerprint density at radius 1 is 1.58 bits per heavy atom. The number of hydrogen-bond acceptors (Lipinski definition) is 2. The second-order valence-corrected chi connectivity index (χ2v) is 2.84. The Morgan fingerprint density at radius 3 is 2.92 bits per heavy atom. The Labute approximate surface area is 73.4 Å².